The van der Waals surface area contributed by atoms with Crippen LogP contribution in [0, 0.1) is 6.92 Å². The summed E-state index contributed by atoms with van der Waals surface area (Å²) >= 11 is 0. The maximum absolute atomic E-state index is 13.0. The molecule has 0 spiro atoms. The van der Waals surface area contributed by atoms with Crippen molar-refractivity contribution in [1.82, 2.24) is 4.72 Å². The van der Waals surface area contributed by atoms with Gasteiger partial charge in [-0.2, -0.15) is 0 Å². The van der Waals surface area contributed by atoms with Gasteiger partial charge in [-0.05, 0) is 66.9 Å². The van der Waals surface area contributed by atoms with Crippen molar-refractivity contribution >= 4 is 33.2 Å². The lowest BCUT2D eigenvalue weighted by atomic mass is 10.1. The first-order valence-corrected chi connectivity index (χ1v) is 12.6. The van der Waals surface area contributed by atoms with Crippen LogP contribution in [0.15, 0.2) is 71.6 Å². The lowest BCUT2D eigenvalue weighted by Gasteiger charge is -2.18. The largest absolute Gasteiger partial charge is 0.326 e. The molecule has 4 rings (SSSR count). The minimum atomic E-state index is -3.71. The van der Waals surface area contributed by atoms with E-state index in [9.17, 15) is 18.0 Å². The first-order chi connectivity index (χ1) is 16.3. The number of hydrogen-bond donors (Lipinski definition) is 2. The molecule has 2 amide bonds. The third-order valence-corrected chi connectivity index (χ3v) is 7.20. The minimum absolute atomic E-state index is 0.0329. The van der Waals surface area contributed by atoms with Crippen LogP contribution in [-0.4, -0.2) is 26.8 Å². The zero-order valence-electron chi connectivity index (χ0n) is 19.2. The van der Waals surface area contributed by atoms with Crippen molar-refractivity contribution in [2.75, 3.05) is 16.8 Å². The molecule has 0 saturated carbocycles. The van der Waals surface area contributed by atoms with E-state index in [1.54, 1.807) is 24.0 Å². The quantitative estimate of drug-likeness (QED) is 0.537. The van der Waals surface area contributed by atoms with Crippen LogP contribution in [0.25, 0.3) is 0 Å². The Labute approximate surface area is 199 Å². The number of carbonyl (C=O) groups excluding carboxylic acids is 2. The summed E-state index contributed by atoms with van der Waals surface area (Å²) in [6, 6.07) is 19.3. The molecule has 0 aromatic heterocycles. The number of hydrogen-bond acceptors (Lipinski definition) is 4. The average Bonchev–Trinajstić information content (AvgIpc) is 3.26. The minimum Gasteiger partial charge on any atom is -0.326 e. The molecule has 0 saturated heterocycles. The molecule has 0 bridgehead atoms. The Morgan fingerprint density at radius 1 is 1.00 bits per heavy atom. The molecule has 176 valence electrons. The van der Waals surface area contributed by atoms with E-state index in [-0.39, 0.29) is 23.3 Å². The van der Waals surface area contributed by atoms with Gasteiger partial charge in [-0.25, -0.2) is 13.1 Å². The maximum atomic E-state index is 13.0. The van der Waals surface area contributed by atoms with Crippen molar-refractivity contribution in [1.29, 1.82) is 0 Å². The Kier molecular flexibility index (Phi) is 6.81. The van der Waals surface area contributed by atoms with E-state index in [2.05, 4.69) is 10.0 Å². The second kappa shape index (κ2) is 9.79. The van der Waals surface area contributed by atoms with Crippen LogP contribution >= 0.6 is 0 Å². The van der Waals surface area contributed by atoms with E-state index < -0.39 is 10.0 Å². The lowest BCUT2D eigenvalue weighted by molar-refractivity contribution is -0.115. The number of benzene rings is 3. The molecule has 0 radical (unpaired) electrons. The van der Waals surface area contributed by atoms with Crippen molar-refractivity contribution in [3.8, 4) is 0 Å². The van der Waals surface area contributed by atoms with E-state index in [1.807, 2.05) is 49.4 Å². The van der Waals surface area contributed by atoms with Crippen molar-refractivity contribution in [3.63, 3.8) is 0 Å². The molecule has 0 unspecified atom stereocenters. The number of nitrogens with one attached hydrogen (secondary N) is 2. The molecular formula is C26H27N3O4S. The van der Waals surface area contributed by atoms with Gasteiger partial charge in [0.05, 0.1) is 4.90 Å². The van der Waals surface area contributed by atoms with E-state index in [0.717, 1.165) is 28.8 Å². The molecule has 3 aromatic rings. The summed E-state index contributed by atoms with van der Waals surface area (Å²) < 4.78 is 28.0. The molecule has 0 atom stereocenters. The summed E-state index contributed by atoms with van der Waals surface area (Å²) in [7, 11) is -3.71. The van der Waals surface area contributed by atoms with Crippen LogP contribution in [0.3, 0.4) is 0 Å². The topological polar surface area (TPSA) is 95.6 Å². The summed E-state index contributed by atoms with van der Waals surface area (Å²) in [5.74, 6) is -0.168. The molecule has 2 N–H and O–H groups in total. The molecule has 0 aliphatic carbocycles. The fourth-order valence-electron chi connectivity index (χ4n) is 3.94. The SMILES string of the molecule is CCC(=O)Nc1ccc(S(=O)(=O)NCc2ccc3c(c2)CCN3C(=O)c2cccc(C)c2)cc1. The zero-order chi connectivity index (χ0) is 24.3. The number of carbonyl (C=O) groups is 2. The van der Waals surface area contributed by atoms with Gasteiger partial charge in [-0.3, -0.25) is 9.59 Å². The first kappa shape index (κ1) is 23.7. The number of anilines is 2. The molecule has 3 aromatic carbocycles. The second-order valence-corrected chi connectivity index (χ2v) is 10.1. The zero-order valence-corrected chi connectivity index (χ0v) is 20.0. The highest BCUT2D eigenvalue weighted by Crippen LogP contribution is 2.30. The van der Waals surface area contributed by atoms with Gasteiger partial charge in [0.15, 0.2) is 0 Å². The Morgan fingerprint density at radius 2 is 1.76 bits per heavy atom. The summed E-state index contributed by atoms with van der Waals surface area (Å²) in [5.41, 5.74) is 4.95. The van der Waals surface area contributed by atoms with Crippen molar-refractivity contribution in [2.45, 2.75) is 38.1 Å². The van der Waals surface area contributed by atoms with Crippen molar-refractivity contribution in [2.24, 2.45) is 0 Å². The van der Waals surface area contributed by atoms with Gasteiger partial charge in [0.25, 0.3) is 5.91 Å². The first-order valence-electron chi connectivity index (χ1n) is 11.2. The van der Waals surface area contributed by atoms with Gasteiger partial charge in [-0.15, -0.1) is 0 Å². The lowest BCUT2D eigenvalue weighted by Crippen LogP contribution is -2.28. The predicted molar refractivity (Wildman–Crippen MR) is 132 cm³/mol. The molecule has 8 heteroatoms. The number of aryl methyl sites for hydroxylation is 1. The monoisotopic (exact) mass is 477 g/mol. The Hall–Kier alpha value is -3.49. The fourth-order valence-corrected chi connectivity index (χ4v) is 4.96. The Morgan fingerprint density at radius 3 is 2.47 bits per heavy atom. The van der Waals surface area contributed by atoms with Gasteiger partial charge in [-0.1, -0.05) is 36.8 Å². The van der Waals surface area contributed by atoms with Crippen LogP contribution in [0.5, 0.6) is 0 Å². The van der Waals surface area contributed by atoms with Crippen LogP contribution in [-0.2, 0) is 27.8 Å². The summed E-state index contributed by atoms with van der Waals surface area (Å²) in [5, 5.41) is 2.69. The van der Waals surface area contributed by atoms with E-state index >= 15 is 0 Å². The number of nitrogens with zero attached hydrogens (tertiary/aromatic N) is 1. The van der Waals surface area contributed by atoms with E-state index in [1.165, 1.54) is 12.1 Å². The smallest absolute Gasteiger partial charge is 0.258 e. The number of sulfonamides is 1. The highest BCUT2D eigenvalue weighted by Gasteiger charge is 2.26. The van der Waals surface area contributed by atoms with E-state index in [0.29, 0.717) is 24.2 Å². The Bertz CT molecular complexity index is 1330. The highest BCUT2D eigenvalue weighted by molar-refractivity contribution is 7.89. The van der Waals surface area contributed by atoms with E-state index in [4.69, 9.17) is 0 Å². The van der Waals surface area contributed by atoms with Crippen LogP contribution in [0.1, 0.15) is 40.4 Å². The second-order valence-electron chi connectivity index (χ2n) is 8.29. The van der Waals surface area contributed by atoms with Crippen LogP contribution in [0.4, 0.5) is 11.4 Å². The highest BCUT2D eigenvalue weighted by atomic mass is 32.2. The Balaban J connectivity index is 1.43. The van der Waals surface area contributed by atoms with Gasteiger partial charge < -0.3 is 10.2 Å². The maximum Gasteiger partial charge on any atom is 0.258 e. The van der Waals surface area contributed by atoms with Gasteiger partial charge in [0.2, 0.25) is 15.9 Å². The van der Waals surface area contributed by atoms with Gasteiger partial charge >= 0.3 is 0 Å². The van der Waals surface area contributed by atoms with Crippen LogP contribution in [0.2, 0.25) is 0 Å². The molecule has 1 heterocycles. The van der Waals surface area contributed by atoms with Gasteiger partial charge in [0.1, 0.15) is 0 Å². The summed E-state index contributed by atoms with van der Waals surface area (Å²) in [4.78, 5) is 26.4. The molecule has 34 heavy (non-hydrogen) atoms. The molecule has 0 fully saturated rings. The normalized spacial score (nSPS) is 12.9. The van der Waals surface area contributed by atoms with Crippen LogP contribution < -0.4 is 14.9 Å². The predicted octanol–water partition coefficient (Wildman–Crippen LogP) is 4.02. The van der Waals surface area contributed by atoms with Crippen molar-refractivity contribution < 1.29 is 18.0 Å². The average molecular weight is 478 g/mol. The molecule has 1 aliphatic heterocycles. The summed E-state index contributed by atoms with van der Waals surface area (Å²) in [6.07, 6.45) is 1.07. The standard InChI is InChI=1S/C26H27N3O4S/c1-3-25(30)28-22-8-10-23(11-9-22)34(32,33)27-17-19-7-12-24-20(16-19)13-14-29(24)26(31)21-6-4-5-18(2)15-21/h4-12,15-16,27H,3,13-14,17H2,1-2H3,(H,28,30). The van der Waals surface area contributed by atoms with Crippen molar-refractivity contribution in [3.05, 3.63) is 89.0 Å². The molecular weight excluding hydrogens is 450 g/mol. The molecule has 7 nitrogen and oxygen atoms in total. The number of rotatable bonds is 7. The number of fused-ring (bicyclic) bond motifs is 1. The third kappa shape index (κ3) is 5.18. The number of amides is 2. The third-order valence-electron chi connectivity index (χ3n) is 5.79. The van der Waals surface area contributed by atoms with Gasteiger partial charge in [0, 0.05) is 36.4 Å². The fraction of sp³-hybridized carbons (Fsp3) is 0.231. The summed E-state index contributed by atoms with van der Waals surface area (Å²) in [6.45, 7) is 4.44. The molecule has 1 aliphatic rings.